The largest absolute Gasteiger partial charge is 0.508 e. The zero-order valence-electron chi connectivity index (χ0n) is 15.3. The lowest BCUT2D eigenvalue weighted by Gasteiger charge is -2.38. The molecule has 1 saturated carbocycles. The molecule has 3 nitrogen and oxygen atoms in total. The third-order valence-electron chi connectivity index (χ3n) is 5.14. The molecule has 0 radical (unpaired) electrons. The molecule has 3 N–H and O–H groups in total. The van der Waals surface area contributed by atoms with Crippen LogP contribution in [0.5, 0.6) is 11.5 Å². The van der Waals surface area contributed by atoms with Gasteiger partial charge in [-0.1, -0.05) is 50.5 Å². The molecule has 1 fully saturated rings. The van der Waals surface area contributed by atoms with E-state index in [9.17, 15) is 10.2 Å². The Balaban J connectivity index is 0.000000399. The molecule has 1 atom stereocenters. The second kappa shape index (κ2) is 8.91. The summed E-state index contributed by atoms with van der Waals surface area (Å²) < 4.78 is 0. The maximum absolute atomic E-state index is 9.51. The van der Waals surface area contributed by atoms with Crippen molar-refractivity contribution in [3.8, 4) is 11.5 Å². The minimum Gasteiger partial charge on any atom is -0.508 e. The molecule has 0 bridgehead atoms. The van der Waals surface area contributed by atoms with E-state index in [1.54, 1.807) is 31.2 Å². The molecule has 0 heterocycles. The Morgan fingerprint density at radius 2 is 1.16 bits per heavy atom. The van der Waals surface area contributed by atoms with E-state index in [1.807, 2.05) is 31.2 Å². The van der Waals surface area contributed by atoms with Crippen molar-refractivity contribution in [2.24, 2.45) is 0 Å². The Morgan fingerprint density at radius 3 is 1.48 bits per heavy atom. The lowest BCUT2D eigenvalue weighted by atomic mass is 9.65. The molecule has 2 aromatic carbocycles. The standard InChI is InChI=1S/C18H20O2.C4H10O/c19-16-8-4-14(5-9-16)18(12-2-1-3-13-18)15-6-10-17(20)11-7-15;1-3-4(2)5/h4-11,19-20H,1-3,12-13H2;4-5H,3H2,1-2H3/t;4-/m.0/s1. The molecule has 0 spiro atoms. The Bertz CT molecular complexity index is 576. The molecule has 0 unspecified atom stereocenters. The Labute approximate surface area is 151 Å². The maximum Gasteiger partial charge on any atom is 0.115 e. The monoisotopic (exact) mass is 342 g/mol. The van der Waals surface area contributed by atoms with Crippen LogP contribution in [0, 0.1) is 0 Å². The molecule has 2 aromatic rings. The number of hydrogen-bond donors (Lipinski definition) is 3. The van der Waals surface area contributed by atoms with Gasteiger partial charge in [-0.2, -0.15) is 0 Å². The number of rotatable bonds is 3. The summed E-state index contributed by atoms with van der Waals surface area (Å²) in [6, 6.07) is 15.2. The van der Waals surface area contributed by atoms with Gasteiger partial charge in [0.1, 0.15) is 11.5 Å². The van der Waals surface area contributed by atoms with Crippen LogP contribution < -0.4 is 0 Å². The number of hydrogen-bond acceptors (Lipinski definition) is 3. The predicted molar refractivity (Wildman–Crippen MR) is 102 cm³/mol. The van der Waals surface area contributed by atoms with Crippen LogP contribution in [0.2, 0.25) is 0 Å². The predicted octanol–water partition coefficient (Wildman–Crippen LogP) is 5.13. The van der Waals surface area contributed by atoms with E-state index >= 15 is 0 Å². The topological polar surface area (TPSA) is 60.7 Å². The van der Waals surface area contributed by atoms with Gasteiger partial charge in [0.25, 0.3) is 0 Å². The SMILES string of the molecule is CC[C@H](C)O.Oc1ccc(C2(c3ccc(O)cc3)CCCCC2)cc1. The van der Waals surface area contributed by atoms with E-state index in [0.717, 1.165) is 19.3 Å². The Kier molecular flexibility index (Phi) is 6.89. The summed E-state index contributed by atoms with van der Waals surface area (Å²) in [5.74, 6) is 0.621. The van der Waals surface area contributed by atoms with E-state index in [1.165, 1.54) is 30.4 Å². The quantitative estimate of drug-likeness (QED) is 0.725. The molecule has 1 aliphatic carbocycles. The molecule has 0 aliphatic heterocycles. The fourth-order valence-corrected chi connectivity index (χ4v) is 3.46. The highest BCUT2D eigenvalue weighted by Crippen LogP contribution is 2.45. The van der Waals surface area contributed by atoms with Gasteiger partial charge >= 0.3 is 0 Å². The third-order valence-corrected chi connectivity index (χ3v) is 5.14. The average molecular weight is 342 g/mol. The maximum atomic E-state index is 9.51. The van der Waals surface area contributed by atoms with Crippen molar-refractivity contribution < 1.29 is 15.3 Å². The van der Waals surface area contributed by atoms with Crippen LogP contribution in [0.1, 0.15) is 63.5 Å². The van der Waals surface area contributed by atoms with Crippen molar-refractivity contribution in [2.75, 3.05) is 0 Å². The summed E-state index contributed by atoms with van der Waals surface area (Å²) in [5.41, 5.74) is 2.56. The van der Waals surface area contributed by atoms with Gasteiger partial charge in [0.15, 0.2) is 0 Å². The van der Waals surface area contributed by atoms with Crippen LogP contribution in [0.25, 0.3) is 0 Å². The van der Waals surface area contributed by atoms with Crippen molar-refractivity contribution in [3.05, 3.63) is 59.7 Å². The first-order valence-electron chi connectivity index (χ1n) is 9.25. The van der Waals surface area contributed by atoms with Gasteiger partial charge in [0.05, 0.1) is 6.10 Å². The average Bonchev–Trinajstić information content (AvgIpc) is 2.64. The molecule has 0 amide bonds. The number of aliphatic hydroxyl groups excluding tert-OH is 1. The van der Waals surface area contributed by atoms with Gasteiger partial charge < -0.3 is 15.3 Å². The van der Waals surface area contributed by atoms with Crippen LogP contribution in [0.15, 0.2) is 48.5 Å². The van der Waals surface area contributed by atoms with Gasteiger partial charge in [-0.15, -0.1) is 0 Å². The smallest absolute Gasteiger partial charge is 0.115 e. The van der Waals surface area contributed by atoms with E-state index < -0.39 is 0 Å². The van der Waals surface area contributed by atoms with E-state index in [-0.39, 0.29) is 11.5 Å². The molecular weight excluding hydrogens is 312 g/mol. The van der Waals surface area contributed by atoms with Crippen LogP contribution in [-0.4, -0.2) is 21.4 Å². The molecule has 136 valence electrons. The summed E-state index contributed by atoms with van der Waals surface area (Å²) in [7, 11) is 0. The third kappa shape index (κ3) is 4.99. The molecule has 0 saturated heterocycles. The summed E-state index contributed by atoms with van der Waals surface area (Å²) in [6.45, 7) is 3.73. The normalized spacial score (nSPS) is 17.2. The molecular formula is C22H30O3. The zero-order chi connectivity index (χ0) is 18.3. The minimum absolute atomic E-state index is 0.0274. The second-order valence-electron chi connectivity index (χ2n) is 6.99. The second-order valence-corrected chi connectivity index (χ2v) is 6.99. The first-order chi connectivity index (χ1) is 12.0. The number of benzene rings is 2. The number of phenolic OH excluding ortho intramolecular Hbond substituents is 2. The molecule has 3 heteroatoms. The first-order valence-corrected chi connectivity index (χ1v) is 9.25. The van der Waals surface area contributed by atoms with E-state index in [0.29, 0.717) is 11.5 Å². The van der Waals surface area contributed by atoms with Crippen molar-refractivity contribution in [2.45, 2.75) is 63.9 Å². The number of phenols is 2. The van der Waals surface area contributed by atoms with Crippen molar-refractivity contribution in [1.29, 1.82) is 0 Å². The highest BCUT2D eigenvalue weighted by Gasteiger charge is 2.35. The highest BCUT2D eigenvalue weighted by atomic mass is 16.3. The fraction of sp³-hybridized carbons (Fsp3) is 0.455. The Hall–Kier alpha value is -2.00. The highest BCUT2D eigenvalue weighted by molar-refractivity contribution is 5.43. The molecule has 3 rings (SSSR count). The molecule has 1 aliphatic rings. The summed E-state index contributed by atoms with van der Waals surface area (Å²) in [6.07, 6.45) is 6.74. The van der Waals surface area contributed by atoms with Crippen molar-refractivity contribution >= 4 is 0 Å². The fourth-order valence-electron chi connectivity index (χ4n) is 3.46. The molecule has 25 heavy (non-hydrogen) atoms. The summed E-state index contributed by atoms with van der Waals surface area (Å²) in [5, 5.41) is 27.4. The lowest BCUT2D eigenvalue weighted by Crippen LogP contribution is -2.30. The van der Waals surface area contributed by atoms with Gasteiger partial charge in [-0.05, 0) is 61.6 Å². The zero-order valence-corrected chi connectivity index (χ0v) is 15.3. The summed E-state index contributed by atoms with van der Waals surface area (Å²) in [4.78, 5) is 0. The van der Waals surface area contributed by atoms with E-state index in [2.05, 4.69) is 0 Å². The van der Waals surface area contributed by atoms with Crippen LogP contribution >= 0.6 is 0 Å². The van der Waals surface area contributed by atoms with Crippen LogP contribution in [0.4, 0.5) is 0 Å². The van der Waals surface area contributed by atoms with Crippen molar-refractivity contribution in [3.63, 3.8) is 0 Å². The number of aliphatic hydroxyl groups is 1. The Morgan fingerprint density at radius 1 is 0.800 bits per heavy atom. The van der Waals surface area contributed by atoms with Gasteiger partial charge in [-0.3, -0.25) is 0 Å². The van der Waals surface area contributed by atoms with Gasteiger partial charge in [-0.25, -0.2) is 0 Å². The van der Waals surface area contributed by atoms with Gasteiger partial charge in [0, 0.05) is 5.41 Å². The number of aromatic hydroxyl groups is 2. The van der Waals surface area contributed by atoms with Crippen LogP contribution in [0.3, 0.4) is 0 Å². The first kappa shape index (κ1) is 19.3. The van der Waals surface area contributed by atoms with Gasteiger partial charge in [0.2, 0.25) is 0 Å². The van der Waals surface area contributed by atoms with E-state index in [4.69, 9.17) is 5.11 Å². The summed E-state index contributed by atoms with van der Waals surface area (Å²) >= 11 is 0. The molecule has 0 aromatic heterocycles. The van der Waals surface area contributed by atoms with Crippen LogP contribution in [-0.2, 0) is 5.41 Å². The lowest BCUT2D eigenvalue weighted by molar-refractivity contribution is 0.191. The minimum atomic E-state index is -0.116. The van der Waals surface area contributed by atoms with Crippen molar-refractivity contribution in [1.82, 2.24) is 0 Å².